The fraction of sp³-hybridized carbons (Fsp3) is 0.100. The van der Waals surface area contributed by atoms with Crippen LogP contribution in [0.3, 0.4) is 0 Å². The van der Waals surface area contributed by atoms with Crippen LogP contribution in [0, 0.1) is 22.7 Å². The highest BCUT2D eigenvalue weighted by Crippen LogP contribution is 2.31. The van der Waals surface area contributed by atoms with Crippen molar-refractivity contribution in [1.82, 2.24) is 0 Å². The van der Waals surface area contributed by atoms with Crippen molar-refractivity contribution < 1.29 is 23.1 Å². The third kappa shape index (κ3) is 2.67. The molecule has 8 heteroatoms. The van der Waals surface area contributed by atoms with Gasteiger partial charge in [-0.3, -0.25) is 0 Å². The zero-order chi connectivity index (χ0) is 13.9. The molecule has 4 nitrogen and oxygen atoms in total. The maximum Gasteiger partial charge on any atom is 0.423 e. The van der Waals surface area contributed by atoms with Crippen LogP contribution in [-0.4, -0.2) is 17.3 Å². The van der Waals surface area contributed by atoms with Gasteiger partial charge in [0.1, 0.15) is 17.7 Å². The first-order valence-electron chi connectivity index (χ1n) is 4.25. The predicted octanol–water partition coefficient (Wildman–Crippen LogP) is 2.52. The van der Waals surface area contributed by atoms with Crippen LogP contribution in [0.25, 0.3) is 6.08 Å². The molecular formula is C10H3F3N2O2S. The second kappa shape index (κ2) is 4.90. The molecular weight excluding hydrogens is 269 g/mol. The zero-order valence-electron chi connectivity index (χ0n) is 8.45. The van der Waals surface area contributed by atoms with Gasteiger partial charge in [0, 0.05) is 10.3 Å². The maximum atomic E-state index is 12.4. The first-order valence-corrected chi connectivity index (χ1v) is 5.13. The summed E-state index contributed by atoms with van der Waals surface area (Å²) >= 11 is 0.702. The zero-order valence-corrected chi connectivity index (χ0v) is 9.26. The lowest BCUT2D eigenvalue weighted by atomic mass is 10.1. The minimum Gasteiger partial charge on any atom is -0.478 e. The van der Waals surface area contributed by atoms with Crippen molar-refractivity contribution >= 4 is 23.4 Å². The summed E-state index contributed by atoms with van der Waals surface area (Å²) in [5, 5.41) is 27.0. The van der Waals surface area contributed by atoms with Crippen molar-refractivity contribution in [3.05, 3.63) is 27.0 Å². The Morgan fingerprint density at radius 2 is 2.00 bits per heavy atom. The molecule has 0 saturated heterocycles. The van der Waals surface area contributed by atoms with Crippen LogP contribution in [0.4, 0.5) is 13.2 Å². The monoisotopic (exact) mass is 272 g/mol. The number of aliphatic carboxylic acids is 1. The molecule has 1 heterocycles. The van der Waals surface area contributed by atoms with Crippen molar-refractivity contribution in [3.63, 3.8) is 0 Å². The van der Waals surface area contributed by atoms with Gasteiger partial charge in [-0.2, -0.15) is 23.7 Å². The van der Waals surface area contributed by atoms with Gasteiger partial charge in [-0.25, -0.2) is 4.79 Å². The number of rotatable bonds is 2. The highest BCUT2D eigenvalue weighted by molar-refractivity contribution is 7.11. The lowest BCUT2D eigenvalue weighted by molar-refractivity contribution is -0.144. The second-order valence-electron chi connectivity index (χ2n) is 2.97. The fourth-order valence-electron chi connectivity index (χ4n) is 1.07. The van der Waals surface area contributed by atoms with E-state index in [9.17, 15) is 18.0 Å². The summed E-state index contributed by atoms with van der Waals surface area (Å²) in [4.78, 5) is 10.3. The Kier molecular flexibility index (Phi) is 3.74. The highest BCUT2D eigenvalue weighted by Gasteiger charge is 2.39. The van der Waals surface area contributed by atoms with Crippen LogP contribution in [-0.2, 0) is 4.79 Å². The van der Waals surface area contributed by atoms with Crippen molar-refractivity contribution in [1.29, 1.82) is 10.5 Å². The third-order valence-electron chi connectivity index (χ3n) is 1.86. The number of nitriles is 2. The molecule has 0 spiro atoms. The Hall–Kier alpha value is -2.32. The first kappa shape index (κ1) is 13.7. The number of nitrogens with zero attached hydrogens (tertiary/aromatic N) is 2. The molecule has 0 aliphatic carbocycles. The third-order valence-corrected chi connectivity index (χ3v) is 2.79. The van der Waals surface area contributed by atoms with Gasteiger partial charge >= 0.3 is 12.1 Å². The largest absolute Gasteiger partial charge is 0.478 e. The average Bonchev–Trinajstić information content (AvgIpc) is 2.65. The van der Waals surface area contributed by atoms with E-state index in [2.05, 4.69) is 0 Å². The molecule has 0 atom stereocenters. The first-order chi connectivity index (χ1) is 8.31. The molecule has 0 radical (unpaired) electrons. The molecule has 0 aliphatic rings. The van der Waals surface area contributed by atoms with E-state index in [0.29, 0.717) is 17.4 Å². The van der Waals surface area contributed by atoms with Gasteiger partial charge in [-0.15, -0.1) is 11.3 Å². The number of carboxylic acids is 1. The molecule has 0 aliphatic heterocycles. The number of hydrogen-bond donors (Lipinski definition) is 1. The molecule has 0 unspecified atom stereocenters. The summed E-state index contributed by atoms with van der Waals surface area (Å²) in [5.74, 6) is -2.14. The van der Waals surface area contributed by atoms with Crippen LogP contribution in [0.2, 0.25) is 0 Å². The fourth-order valence-corrected chi connectivity index (χ4v) is 1.95. The minimum absolute atomic E-state index is 0.0827. The van der Waals surface area contributed by atoms with Crippen LogP contribution in [0.15, 0.2) is 11.0 Å². The van der Waals surface area contributed by atoms with E-state index in [-0.39, 0.29) is 16.0 Å². The minimum atomic E-state index is -5.03. The SMILES string of the molecule is N#Cc1csc(/C=C(/C(=O)O)C(F)(F)F)c1C#N. The summed E-state index contributed by atoms with van der Waals surface area (Å²) < 4.78 is 37.2. The molecule has 0 fully saturated rings. The Balaban J connectivity index is 3.41. The summed E-state index contributed by atoms with van der Waals surface area (Å²) in [7, 11) is 0. The summed E-state index contributed by atoms with van der Waals surface area (Å²) in [6.07, 6.45) is -4.68. The Morgan fingerprint density at radius 1 is 1.39 bits per heavy atom. The average molecular weight is 272 g/mol. The molecule has 92 valence electrons. The number of alkyl halides is 3. The molecule has 0 amide bonds. The van der Waals surface area contributed by atoms with E-state index >= 15 is 0 Å². The molecule has 0 saturated carbocycles. The van der Waals surface area contributed by atoms with Crippen molar-refractivity contribution in [3.8, 4) is 12.1 Å². The van der Waals surface area contributed by atoms with Crippen molar-refractivity contribution in [2.75, 3.05) is 0 Å². The lowest BCUT2D eigenvalue weighted by Gasteiger charge is -2.06. The van der Waals surface area contributed by atoms with E-state index in [1.54, 1.807) is 12.1 Å². The number of thiophene rings is 1. The predicted molar refractivity (Wildman–Crippen MR) is 55.4 cm³/mol. The van der Waals surface area contributed by atoms with E-state index in [1.807, 2.05) is 0 Å². The Labute approximate surface area is 103 Å². The van der Waals surface area contributed by atoms with E-state index in [0.717, 1.165) is 0 Å². The lowest BCUT2D eigenvalue weighted by Crippen LogP contribution is -2.19. The van der Waals surface area contributed by atoms with Crippen molar-refractivity contribution in [2.45, 2.75) is 6.18 Å². The van der Waals surface area contributed by atoms with Crippen LogP contribution >= 0.6 is 11.3 Å². The van der Waals surface area contributed by atoms with Gasteiger partial charge < -0.3 is 5.11 Å². The molecule has 1 N–H and O–H groups in total. The molecule has 1 aromatic heterocycles. The van der Waals surface area contributed by atoms with Gasteiger partial charge in [-0.1, -0.05) is 0 Å². The summed E-state index contributed by atoms with van der Waals surface area (Å²) in [5.41, 5.74) is -2.13. The Morgan fingerprint density at radius 3 is 2.39 bits per heavy atom. The van der Waals surface area contributed by atoms with Gasteiger partial charge in [0.2, 0.25) is 0 Å². The Bertz CT molecular complexity index is 602. The van der Waals surface area contributed by atoms with Crippen LogP contribution < -0.4 is 0 Å². The van der Waals surface area contributed by atoms with E-state index in [1.165, 1.54) is 5.38 Å². The molecule has 0 aromatic carbocycles. The van der Waals surface area contributed by atoms with Crippen LogP contribution in [0.5, 0.6) is 0 Å². The quantitative estimate of drug-likeness (QED) is 0.838. The van der Waals surface area contributed by atoms with Gasteiger partial charge in [0.15, 0.2) is 0 Å². The van der Waals surface area contributed by atoms with E-state index < -0.39 is 17.7 Å². The van der Waals surface area contributed by atoms with Gasteiger partial charge in [-0.05, 0) is 6.08 Å². The normalized spacial score (nSPS) is 11.7. The second-order valence-corrected chi connectivity index (χ2v) is 3.88. The van der Waals surface area contributed by atoms with E-state index in [4.69, 9.17) is 15.6 Å². The van der Waals surface area contributed by atoms with Gasteiger partial charge in [0.25, 0.3) is 0 Å². The molecule has 1 aromatic rings. The standard InChI is InChI=1S/C10H3F3N2O2S/c11-10(12,13)7(9(16)17)1-8-6(3-15)5(2-14)4-18-8/h1,4H,(H,16,17)/b7-1-. The molecule has 0 bridgehead atoms. The summed E-state index contributed by atoms with van der Waals surface area (Å²) in [6.45, 7) is 0. The van der Waals surface area contributed by atoms with Crippen molar-refractivity contribution in [2.24, 2.45) is 0 Å². The van der Waals surface area contributed by atoms with Gasteiger partial charge in [0.05, 0.1) is 11.1 Å². The molecule has 18 heavy (non-hydrogen) atoms. The smallest absolute Gasteiger partial charge is 0.423 e. The molecule has 1 rings (SSSR count). The number of halogens is 3. The number of hydrogen-bond acceptors (Lipinski definition) is 4. The highest BCUT2D eigenvalue weighted by atomic mass is 32.1. The maximum absolute atomic E-state index is 12.4. The number of carboxylic acid groups (broad SMARTS) is 1. The topological polar surface area (TPSA) is 84.9 Å². The van der Waals surface area contributed by atoms with Crippen LogP contribution in [0.1, 0.15) is 16.0 Å². The summed E-state index contributed by atoms with van der Waals surface area (Å²) in [6, 6.07) is 3.21. The number of carbonyl (C=O) groups is 1.